The summed E-state index contributed by atoms with van der Waals surface area (Å²) in [6.45, 7) is 2.32. The number of allylic oxidation sites excluding steroid dienone is 1. The molecule has 0 aliphatic carbocycles. The molecule has 194 valence electrons. The average Bonchev–Trinajstić information content (AvgIpc) is 3.72. The number of anilines is 1. The van der Waals surface area contributed by atoms with Crippen molar-refractivity contribution in [1.82, 2.24) is 20.0 Å². The van der Waals surface area contributed by atoms with Gasteiger partial charge in [-0.05, 0) is 66.9 Å². The number of aromatic nitrogens is 4. The Balaban J connectivity index is 1.68. The third kappa shape index (κ3) is 4.43. The first-order valence-electron chi connectivity index (χ1n) is 12.2. The Morgan fingerprint density at radius 1 is 1.08 bits per heavy atom. The number of nitrogen functional groups attached to an aromatic ring is 1. The van der Waals surface area contributed by atoms with Gasteiger partial charge < -0.3 is 15.2 Å². The Labute approximate surface area is 231 Å². The van der Waals surface area contributed by atoms with E-state index in [1.165, 1.54) is 22.7 Å². The Morgan fingerprint density at radius 2 is 1.90 bits per heavy atom. The highest BCUT2D eigenvalue weighted by Crippen LogP contribution is 2.46. The molecule has 0 unspecified atom stereocenters. The molecule has 39 heavy (non-hydrogen) atoms. The van der Waals surface area contributed by atoms with Gasteiger partial charge in [0.1, 0.15) is 22.6 Å². The summed E-state index contributed by atoms with van der Waals surface area (Å²) in [6, 6.07) is 19.0. The smallest absolute Gasteiger partial charge is 0.225 e. The second kappa shape index (κ2) is 10.3. The van der Waals surface area contributed by atoms with Gasteiger partial charge in [-0.1, -0.05) is 23.4 Å². The molecule has 2 aromatic carbocycles. The number of thiophene rings is 2. The minimum absolute atomic E-state index is 0.0765. The molecule has 0 saturated carbocycles. The minimum Gasteiger partial charge on any atom is -0.497 e. The Bertz CT molecular complexity index is 1840. The minimum atomic E-state index is -0.0765. The van der Waals surface area contributed by atoms with Crippen molar-refractivity contribution in [2.75, 3.05) is 19.5 Å². The van der Waals surface area contributed by atoms with Crippen LogP contribution in [0, 0.1) is 0 Å². The molecule has 4 aromatic heterocycles. The van der Waals surface area contributed by atoms with E-state index in [4.69, 9.17) is 20.2 Å². The fraction of sp³-hybridized carbons (Fsp3) is 0.103. The zero-order valence-electron chi connectivity index (χ0n) is 21.1. The number of benzene rings is 2. The molecule has 0 bridgehead atoms. The SMILES string of the molecule is CCOc1nc(-c2ccc(OC)cc2)c(-n2nnc3ccccc32)c2c(/C=C/C(=O)c3cccs3)sc(N)c12. The van der Waals surface area contributed by atoms with Crippen LogP contribution in [0.4, 0.5) is 5.00 Å². The molecule has 6 rings (SSSR count). The van der Waals surface area contributed by atoms with Gasteiger partial charge in [0.2, 0.25) is 5.88 Å². The number of ketones is 1. The first kappa shape index (κ1) is 24.8. The maximum atomic E-state index is 12.8. The van der Waals surface area contributed by atoms with Crippen molar-refractivity contribution in [3.05, 3.63) is 81.9 Å². The third-order valence-electron chi connectivity index (χ3n) is 6.21. The molecule has 0 radical (unpaired) electrons. The number of rotatable bonds is 8. The number of carbonyl (C=O) groups is 1. The van der Waals surface area contributed by atoms with Crippen LogP contribution in [0.1, 0.15) is 21.5 Å². The van der Waals surface area contributed by atoms with Crippen molar-refractivity contribution in [3.8, 4) is 28.6 Å². The molecule has 8 nitrogen and oxygen atoms in total. The second-order valence-corrected chi connectivity index (χ2v) is 10.6. The quantitative estimate of drug-likeness (QED) is 0.166. The number of hydrogen-bond acceptors (Lipinski definition) is 9. The lowest BCUT2D eigenvalue weighted by Gasteiger charge is -2.15. The lowest BCUT2D eigenvalue weighted by Crippen LogP contribution is -2.06. The fourth-order valence-corrected chi connectivity index (χ4v) is 6.05. The molecule has 4 heterocycles. The van der Waals surface area contributed by atoms with Crippen molar-refractivity contribution >= 4 is 61.3 Å². The number of hydrogen-bond donors (Lipinski definition) is 1. The predicted molar refractivity (Wildman–Crippen MR) is 157 cm³/mol. The summed E-state index contributed by atoms with van der Waals surface area (Å²) in [7, 11) is 1.63. The van der Waals surface area contributed by atoms with Crippen molar-refractivity contribution in [2.45, 2.75) is 6.92 Å². The highest BCUT2D eigenvalue weighted by atomic mass is 32.1. The van der Waals surface area contributed by atoms with Crippen LogP contribution in [0.3, 0.4) is 0 Å². The van der Waals surface area contributed by atoms with Crippen molar-refractivity contribution in [3.63, 3.8) is 0 Å². The predicted octanol–water partition coefficient (Wildman–Crippen LogP) is 6.64. The van der Waals surface area contributed by atoms with Crippen LogP contribution >= 0.6 is 22.7 Å². The van der Waals surface area contributed by atoms with E-state index in [9.17, 15) is 4.79 Å². The number of para-hydroxylation sites is 1. The molecule has 0 saturated heterocycles. The van der Waals surface area contributed by atoms with Gasteiger partial charge in [-0.25, -0.2) is 9.67 Å². The highest BCUT2D eigenvalue weighted by molar-refractivity contribution is 7.19. The van der Waals surface area contributed by atoms with Crippen molar-refractivity contribution < 1.29 is 14.3 Å². The van der Waals surface area contributed by atoms with E-state index in [0.717, 1.165) is 32.6 Å². The van der Waals surface area contributed by atoms with Crippen LogP contribution in [0.2, 0.25) is 0 Å². The second-order valence-electron chi connectivity index (χ2n) is 8.52. The van der Waals surface area contributed by atoms with Crippen molar-refractivity contribution in [2.24, 2.45) is 0 Å². The molecule has 0 aliphatic rings. The Kier molecular flexibility index (Phi) is 6.55. The monoisotopic (exact) mass is 553 g/mol. The van der Waals surface area contributed by atoms with Gasteiger partial charge in [-0.3, -0.25) is 4.79 Å². The molecule has 10 heteroatoms. The molecule has 0 amide bonds. The number of ether oxygens (including phenoxy) is 2. The van der Waals surface area contributed by atoms with E-state index in [-0.39, 0.29) is 5.78 Å². The standard InChI is InChI=1S/C29H23N5O3S2/c1-3-37-29-25-24(23(39-28(25)30)15-14-21(35)22-9-6-16-38-22)27(34-20-8-5-4-7-19(20)32-33-34)26(31-29)17-10-12-18(36-2)13-11-17/h4-16H,3,30H2,1-2H3/b15-14+. The maximum Gasteiger partial charge on any atom is 0.225 e. The normalized spacial score (nSPS) is 11.5. The van der Waals surface area contributed by atoms with E-state index < -0.39 is 0 Å². The maximum absolute atomic E-state index is 12.8. The van der Waals surface area contributed by atoms with E-state index in [1.807, 2.05) is 79.0 Å². The van der Waals surface area contributed by atoms with Crippen LogP contribution < -0.4 is 15.2 Å². The average molecular weight is 554 g/mol. The number of fused-ring (bicyclic) bond motifs is 2. The summed E-state index contributed by atoms with van der Waals surface area (Å²) in [5.74, 6) is 1.07. The molecule has 6 aromatic rings. The van der Waals surface area contributed by atoms with Crippen LogP contribution in [0.5, 0.6) is 11.6 Å². The van der Waals surface area contributed by atoms with E-state index in [2.05, 4.69) is 10.3 Å². The number of pyridine rings is 1. The number of nitrogens with two attached hydrogens (primary N) is 1. The molecule has 0 fully saturated rings. The molecular weight excluding hydrogens is 530 g/mol. The summed E-state index contributed by atoms with van der Waals surface area (Å²) < 4.78 is 13.2. The van der Waals surface area contributed by atoms with E-state index >= 15 is 0 Å². The first-order chi connectivity index (χ1) is 19.1. The lowest BCUT2D eigenvalue weighted by atomic mass is 10.0. The molecule has 0 spiro atoms. The Hall–Kier alpha value is -4.54. The van der Waals surface area contributed by atoms with Gasteiger partial charge in [0.25, 0.3) is 0 Å². The summed E-state index contributed by atoms with van der Waals surface area (Å²) in [4.78, 5) is 19.3. The third-order valence-corrected chi connectivity index (χ3v) is 8.08. The van der Waals surface area contributed by atoms with Gasteiger partial charge >= 0.3 is 0 Å². The lowest BCUT2D eigenvalue weighted by molar-refractivity contribution is 0.105. The Morgan fingerprint density at radius 3 is 2.64 bits per heavy atom. The summed E-state index contributed by atoms with van der Waals surface area (Å²) in [6.07, 6.45) is 3.38. The zero-order valence-corrected chi connectivity index (χ0v) is 22.8. The van der Waals surface area contributed by atoms with Gasteiger partial charge in [0.15, 0.2) is 5.78 Å². The fourth-order valence-electron chi connectivity index (χ4n) is 4.44. The first-order valence-corrected chi connectivity index (χ1v) is 13.9. The molecule has 0 aliphatic heterocycles. The number of nitrogens with zero attached hydrogens (tertiary/aromatic N) is 4. The van der Waals surface area contributed by atoms with Crippen LogP contribution in [0.15, 0.2) is 72.1 Å². The van der Waals surface area contributed by atoms with Crippen LogP contribution in [-0.4, -0.2) is 39.5 Å². The summed E-state index contributed by atoms with van der Waals surface area (Å²) in [5, 5.41) is 12.8. The summed E-state index contributed by atoms with van der Waals surface area (Å²) in [5.41, 5.74) is 10.3. The molecule has 2 N–H and O–H groups in total. The van der Waals surface area contributed by atoms with Crippen LogP contribution in [0.25, 0.3) is 44.8 Å². The van der Waals surface area contributed by atoms with Crippen molar-refractivity contribution in [1.29, 1.82) is 0 Å². The highest BCUT2D eigenvalue weighted by Gasteiger charge is 2.26. The van der Waals surface area contributed by atoms with Gasteiger partial charge in [0, 0.05) is 15.8 Å². The van der Waals surface area contributed by atoms with E-state index in [1.54, 1.807) is 17.9 Å². The topological polar surface area (TPSA) is 105 Å². The van der Waals surface area contributed by atoms with Crippen LogP contribution in [-0.2, 0) is 0 Å². The largest absolute Gasteiger partial charge is 0.497 e. The van der Waals surface area contributed by atoms with Gasteiger partial charge in [-0.15, -0.1) is 27.8 Å². The molecule has 0 atom stereocenters. The van der Waals surface area contributed by atoms with Gasteiger partial charge in [0.05, 0.1) is 34.5 Å². The molecular formula is C29H23N5O3S2. The summed E-state index contributed by atoms with van der Waals surface area (Å²) >= 11 is 2.78. The van der Waals surface area contributed by atoms with E-state index in [0.29, 0.717) is 39.1 Å². The number of methoxy groups -OCH3 is 1. The zero-order chi connectivity index (χ0) is 26.9. The number of carbonyl (C=O) groups excluding carboxylic acids is 1. The van der Waals surface area contributed by atoms with Gasteiger partial charge in [-0.2, -0.15) is 0 Å².